The molecule has 0 aromatic rings. The Hall–Kier alpha value is -0.120. The van der Waals surface area contributed by atoms with Gasteiger partial charge in [0.15, 0.2) is 0 Å². The van der Waals surface area contributed by atoms with Crippen molar-refractivity contribution < 1.29 is 9.47 Å². The Bertz CT molecular complexity index is 226. The lowest BCUT2D eigenvalue weighted by Crippen LogP contribution is -2.62. The van der Waals surface area contributed by atoms with E-state index in [9.17, 15) is 0 Å². The molecule has 2 fully saturated rings. The number of methoxy groups -OCH3 is 1. The standard InChI is InChI=1S/C14H27NO2/c1-3-17-13-11-12(15-9-6-10-16-2)14(13)7-4-5-8-14/h12-13,15H,3-11H2,1-2H3. The molecule has 100 valence electrons. The van der Waals surface area contributed by atoms with Crippen LogP contribution < -0.4 is 5.32 Å². The highest BCUT2D eigenvalue weighted by molar-refractivity contribution is 5.09. The van der Waals surface area contributed by atoms with Crippen LogP contribution in [0.15, 0.2) is 0 Å². The van der Waals surface area contributed by atoms with E-state index in [1.165, 1.54) is 32.1 Å². The lowest BCUT2D eigenvalue weighted by atomic mass is 9.60. The van der Waals surface area contributed by atoms with Crippen LogP contribution in [0, 0.1) is 5.41 Å². The second kappa shape index (κ2) is 6.17. The number of hydrogen-bond acceptors (Lipinski definition) is 3. The van der Waals surface area contributed by atoms with Crippen molar-refractivity contribution in [3.05, 3.63) is 0 Å². The topological polar surface area (TPSA) is 30.5 Å². The van der Waals surface area contributed by atoms with Crippen LogP contribution in [-0.2, 0) is 9.47 Å². The Morgan fingerprint density at radius 3 is 2.71 bits per heavy atom. The summed E-state index contributed by atoms with van der Waals surface area (Å²) in [6, 6.07) is 0.693. The van der Waals surface area contributed by atoms with Crippen LogP contribution in [0.4, 0.5) is 0 Å². The van der Waals surface area contributed by atoms with Crippen LogP contribution in [-0.4, -0.2) is 39.0 Å². The van der Waals surface area contributed by atoms with E-state index in [0.717, 1.165) is 26.2 Å². The quantitative estimate of drug-likeness (QED) is 0.694. The molecule has 17 heavy (non-hydrogen) atoms. The number of ether oxygens (including phenoxy) is 2. The van der Waals surface area contributed by atoms with Gasteiger partial charge in [0.25, 0.3) is 0 Å². The molecule has 2 aliphatic rings. The minimum atomic E-state index is 0.475. The zero-order valence-corrected chi connectivity index (χ0v) is 11.3. The highest BCUT2D eigenvalue weighted by Gasteiger charge is 2.56. The van der Waals surface area contributed by atoms with E-state index in [0.29, 0.717) is 17.6 Å². The molecular formula is C14H27NO2. The maximum Gasteiger partial charge on any atom is 0.0661 e. The molecule has 2 unspecified atom stereocenters. The van der Waals surface area contributed by atoms with Gasteiger partial charge in [-0.2, -0.15) is 0 Å². The van der Waals surface area contributed by atoms with Gasteiger partial charge in [0.05, 0.1) is 6.10 Å². The first kappa shape index (κ1) is 13.3. The molecule has 0 amide bonds. The molecule has 0 heterocycles. The summed E-state index contributed by atoms with van der Waals surface area (Å²) in [6.45, 7) is 4.92. The predicted octanol–water partition coefficient (Wildman–Crippen LogP) is 2.35. The van der Waals surface area contributed by atoms with Gasteiger partial charge in [0.2, 0.25) is 0 Å². The monoisotopic (exact) mass is 241 g/mol. The van der Waals surface area contributed by atoms with Crippen molar-refractivity contribution in [3.63, 3.8) is 0 Å². The Morgan fingerprint density at radius 2 is 2.06 bits per heavy atom. The van der Waals surface area contributed by atoms with Crippen molar-refractivity contribution in [1.29, 1.82) is 0 Å². The van der Waals surface area contributed by atoms with Gasteiger partial charge in [-0.25, -0.2) is 0 Å². The SMILES string of the molecule is CCOC1CC(NCCCOC)C12CCCC2. The van der Waals surface area contributed by atoms with Gasteiger partial charge in [-0.1, -0.05) is 12.8 Å². The molecule has 3 nitrogen and oxygen atoms in total. The molecule has 1 N–H and O–H groups in total. The first-order valence-electron chi connectivity index (χ1n) is 7.17. The Morgan fingerprint density at radius 1 is 1.29 bits per heavy atom. The Balaban J connectivity index is 1.79. The highest BCUT2D eigenvalue weighted by Crippen LogP contribution is 2.54. The number of nitrogens with one attached hydrogen (secondary N) is 1. The van der Waals surface area contributed by atoms with Crippen LogP contribution in [0.25, 0.3) is 0 Å². The van der Waals surface area contributed by atoms with Crippen molar-refractivity contribution in [1.82, 2.24) is 5.32 Å². The predicted molar refractivity (Wildman–Crippen MR) is 69.2 cm³/mol. The largest absolute Gasteiger partial charge is 0.385 e. The summed E-state index contributed by atoms with van der Waals surface area (Å²) >= 11 is 0. The van der Waals surface area contributed by atoms with Crippen LogP contribution in [0.5, 0.6) is 0 Å². The maximum atomic E-state index is 5.91. The number of hydrogen-bond donors (Lipinski definition) is 1. The maximum absolute atomic E-state index is 5.91. The fourth-order valence-electron chi connectivity index (χ4n) is 3.67. The summed E-state index contributed by atoms with van der Waals surface area (Å²) in [4.78, 5) is 0. The summed E-state index contributed by atoms with van der Waals surface area (Å²) in [7, 11) is 1.77. The molecule has 2 rings (SSSR count). The summed E-state index contributed by atoms with van der Waals surface area (Å²) in [5.41, 5.74) is 0.475. The minimum Gasteiger partial charge on any atom is -0.385 e. The molecule has 0 radical (unpaired) electrons. The zero-order chi connectivity index (χ0) is 12.1. The molecule has 2 aliphatic carbocycles. The van der Waals surface area contributed by atoms with E-state index in [1.807, 2.05) is 0 Å². The molecule has 1 spiro atoms. The normalized spacial score (nSPS) is 30.7. The fourth-order valence-corrected chi connectivity index (χ4v) is 3.67. The van der Waals surface area contributed by atoms with Crippen LogP contribution in [0.1, 0.15) is 45.4 Å². The van der Waals surface area contributed by atoms with Gasteiger partial charge >= 0.3 is 0 Å². The molecule has 2 saturated carbocycles. The molecule has 0 aromatic carbocycles. The zero-order valence-electron chi connectivity index (χ0n) is 11.3. The van der Waals surface area contributed by atoms with E-state index >= 15 is 0 Å². The van der Waals surface area contributed by atoms with Gasteiger partial charge in [0.1, 0.15) is 0 Å². The van der Waals surface area contributed by atoms with Crippen molar-refractivity contribution in [2.75, 3.05) is 26.9 Å². The van der Waals surface area contributed by atoms with E-state index in [-0.39, 0.29) is 0 Å². The first-order chi connectivity index (χ1) is 8.33. The third-order valence-corrected chi connectivity index (χ3v) is 4.60. The number of rotatable bonds is 7. The summed E-state index contributed by atoms with van der Waals surface area (Å²) in [6.07, 6.45) is 8.34. The van der Waals surface area contributed by atoms with Crippen molar-refractivity contribution in [2.45, 2.75) is 57.6 Å². The average Bonchev–Trinajstić information content (AvgIpc) is 2.84. The van der Waals surface area contributed by atoms with Crippen molar-refractivity contribution >= 4 is 0 Å². The van der Waals surface area contributed by atoms with Gasteiger partial charge in [0, 0.05) is 31.8 Å². The van der Waals surface area contributed by atoms with Gasteiger partial charge in [-0.15, -0.1) is 0 Å². The lowest BCUT2D eigenvalue weighted by molar-refractivity contribution is -0.130. The summed E-state index contributed by atoms with van der Waals surface area (Å²) in [5.74, 6) is 0. The summed E-state index contributed by atoms with van der Waals surface area (Å²) in [5, 5.41) is 3.72. The van der Waals surface area contributed by atoms with E-state index in [2.05, 4.69) is 12.2 Å². The minimum absolute atomic E-state index is 0.475. The molecule has 2 atom stereocenters. The third kappa shape index (κ3) is 2.67. The van der Waals surface area contributed by atoms with E-state index < -0.39 is 0 Å². The van der Waals surface area contributed by atoms with Crippen LogP contribution in [0.2, 0.25) is 0 Å². The molecule has 0 saturated heterocycles. The average molecular weight is 241 g/mol. The first-order valence-corrected chi connectivity index (χ1v) is 7.17. The second-order valence-electron chi connectivity index (χ2n) is 5.47. The Labute approximate surface area is 105 Å². The molecule has 3 heteroatoms. The second-order valence-corrected chi connectivity index (χ2v) is 5.47. The van der Waals surface area contributed by atoms with E-state index in [1.54, 1.807) is 7.11 Å². The van der Waals surface area contributed by atoms with Crippen LogP contribution >= 0.6 is 0 Å². The van der Waals surface area contributed by atoms with Crippen LogP contribution in [0.3, 0.4) is 0 Å². The smallest absolute Gasteiger partial charge is 0.0661 e. The third-order valence-electron chi connectivity index (χ3n) is 4.60. The van der Waals surface area contributed by atoms with Crippen molar-refractivity contribution in [3.8, 4) is 0 Å². The molecular weight excluding hydrogens is 214 g/mol. The van der Waals surface area contributed by atoms with Gasteiger partial charge < -0.3 is 14.8 Å². The van der Waals surface area contributed by atoms with E-state index in [4.69, 9.17) is 9.47 Å². The molecule has 0 bridgehead atoms. The van der Waals surface area contributed by atoms with Crippen molar-refractivity contribution in [2.24, 2.45) is 5.41 Å². The highest BCUT2D eigenvalue weighted by atomic mass is 16.5. The fraction of sp³-hybridized carbons (Fsp3) is 1.00. The van der Waals surface area contributed by atoms with Gasteiger partial charge in [-0.05, 0) is 39.2 Å². The lowest BCUT2D eigenvalue weighted by Gasteiger charge is -2.54. The Kier molecular flexibility index (Phi) is 4.83. The summed E-state index contributed by atoms with van der Waals surface area (Å²) < 4.78 is 11.0. The molecule has 0 aliphatic heterocycles. The molecule has 0 aromatic heterocycles. The van der Waals surface area contributed by atoms with Gasteiger partial charge in [-0.3, -0.25) is 0 Å².